The van der Waals surface area contributed by atoms with Crippen molar-refractivity contribution >= 4 is 29.9 Å². The second kappa shape index (κ2) is 9.48. The number of halogens is 3. The molecule has 1 aliphatic heterocycles. The van der Waals surface area contributed by atoms with Gasteiger partial charge in [-0.15, -0.1) is 17.5 Å². The summed E-state index contributed by atoms with van der Waals surface area (Å²) in [5.74, 6) is 0.0595. The van der Waals surface area contributed by atoms with E-state index in [2.05, 4.69) is 15.6 Å². The van der Waals surface area contributed by atoms with Gasteiger partial charge in [0.25, 0.3) is 5.91 Å². The van der Waals surface area contributed by atoms with Gasteiger partial charge in [0.1, 0.15) is 5.82 Å². The molecule has 148 valence electrons. The maximum atomic E-state index is 13.4. The van der Waals surface area contributed by atoms with Crippen LogP contribution in [0.15, 0.2) is 18.2 Å². The molecule has 1 fully saturated rings. The fourth-order valence-corrected chi connectivity index (χ4v) is 3.49. The molecule has 0 bridgehead atoms. The van der Waals surface area contributed by atoms with E-state index in [1.807, 2.05) is 11.9 Å². The number of carbonyl (C=O) groups is 1. The Labute approximate surface area is 169 Å². The molecule has 0 radical (unpaired) electrons. The van der Waals surface area contributed by atoms with Crippen LogP contribution in [0.4, 0.5) is 4.39 Å². The summed E-state index contributed by atoms with van der Waals surface area (Å²) in [5, 5.41) is 11.3. The molecular weight excluding hydrogens is 392 g/mol. The largest absolute Gasteiger partial charge is 0.337 e. The summed E-state index contributed by atoms with van der Waals surface area (Å²) >= 11 is 5.84. The number of rotatable bonds is 5. The van der Waals surface area contributed by atoms with Crippen molar-refractivity contribution in [1.82, 2.24) is 25.2 Å². The number of amides is 1. The van der Waals surface area contributed by atoms with E-state index in [9.17, 15) is 9.18 Å². The summed E-state index contributed by atoms with van der Waals surface area (Å²) < 4.78 is 14.9. The molecule has 6 nitrogen and oxygen atoms in total. The van der Waals surface area contributed by atoms with E-state index in [0.29, 0.717) is 23.0 Å². The van der Waals surface area contributed by atoms with Crippen LogP contribution in [0.1, 0.15) is 35.4 Å². The van der Waals surface area contributed by atoms with Crippen LogP contribution in [0.25, 0.3) is 5.69 Å². The number of hydrogen-bond donors (Lipinski definition) is 1. The lowest BCUT2D eigenvalue weighted by molar-refractivity contribution is 0.0680. The first kappa shape index (κ1) is 21.6. The maximum absolute atomic E-state index is 13.4. The Kier molecular flexibility index (Phi) is 7.59. The van der Waals surface area contributed by atoms with Gasteiger partial charge in [-0.05, 0) is 63.9 Å². The number of hydrogen-bond acceptors (Lipinski definition) is 4. The summed E-state index contributed by atoms with van der Waals surface area (Å²) in [6, 6.07) is 4.31. The van der Waals surface area contributed by atoms with E-state index < -0.39 is 5.82 Å². The Hall–Kier alpha value is -1.70. The summed E-state index contributed by atoms with van der Waals surface area (Å²) in [4.78, 5) is 14.7. The summed E-state index contributed by atoms with van der Waals surface area (Å²) in [6.45, 7) is 4.26. The fraction of sp³-hybridized carbons (Fsp3) is 0.500. The summed E-state index contributed by atoms with van der Waals surface area (Å²) in [5.41, 5.74) is 1.53. The maximum Gasteiger partial charge on any atom is 0.276 e. The minimum absolute atomic E-state index is 0. The van der Waals surface area contributed by atoms with Crippen molar-refractivity contribution in [3.05, 3.63) is 40.4 Å². The van der Waals surface area contributed by atoms with Gasteiger partial charge in [0, 0.05) is 13.1 Å². The zero-order valence-electron chi connectivity index (χ0n) is 15.4. The lowest BCUT2D eigenvalue weighted by atomic mass is 9.93. The Balaban J connectivity index is 0.00000261. The average molecular weight is 416 g/mol. The molecule has 1 aromatic carbocycles. The van der Waals surface area contributed by atoms with Crippen molar-refractivity contribution in [3.8, 4) is 5.69 Å². The van der Waals surface area contributed by atoms with Gasteiger partial charge in [0.2, 0.25) is 0 Å². The molecule has 2 heterocycles. The Morgan fingerprint density at radius 2 is 2.07 bits per heavy atom. The molecule has 3 rings (SSSR count). The molecule has 27 heavy (non-hydrogen) atoms. The SMILES string of the molecule is CNCCC1CCN(C(=O)c2nnn(-c3ccc(F)c(Cl)c3)c2C)CC1.Cl. The highest BCUT2D eigenvalue weighted by Crippen LogP contribution is 2.23. The summed E-state index contributed by atoms with van der Waals surface area (Å²) in [7, 11) is 1.96. The number of nitrogens with one attached hydrogen (secondary N) is 1. The molecule has 2 aromatic rings. The van der Waals surface area contributed by atoms with E-state index in [1.54, 1.807) is 13.0 Å². The third kappa shape index (κ3) is 4.78. The van der Waals surface area contributed by atoms with Crippen LogP contribution in [0.3, 0.4) is 0 Å². The lowest BCUT2D eigenvalue weighted by Gasteiger charge is -2.31. The molecule has 1 aliphatic rings. The topological polar surface area (TPSA) is 63.1 Å². The minimum atomic E-state index is -0.495. The minimum Gasteiger partial charge on any atom is -0.337 e. The smallest absolute Gasteiger partial charge is 0.276 e. The van der Waals surface area contributed by atoms with Crippen LogP contribution in [0, 0.1) is 18.7 Å². The van der Waals surface area contributed by atoms with Gasteiger partial charge in [-0.25, -0.2) is 9.07 Å². The number of benzene rings is 1. The van der Waals surface area contributed by atoms with Gasteiger partial charge < -0.3 is 10.2 Å². The molecule has 1 aromatic heterocycles. The molecule has 0 spiro atoms. The van der Waals surface area contributed by atoms with E-state index in [-0.39, 0.29) is 23.3 Å². The Morgan fingerprint density at radius 3 is 2.70 bits per heavy atom. The van der Waals surface area contributed by atoms with Crippen LogP contribution in [0.5, 0.6) is 0 Å². The number of aromatic nitrogens is 3. The van der Waals surface area contributed by atoms with Crippen molar-refractivity contribution in [3.63, 3.8) is 0 Å². The summed E-state index contributed by atoms with van der Waals surface area (Å²) in [6.07, 6.45) is 3.15. The van der Waals surface area contributed by atoms with Crippen molar-refractivity contribution in [2.75, 3.05) is 26.7 Å². The molecule has 0 aliphatic carbocycles. The molecule has 0 unspecified atom stereocenters. The molecule has 1 saturated heterocycles. The molecular formula is C18H24Cl2FN5O. The first-order chi connectivity index (χ1) is 12.5. The molecule has 0 atom stereocenters. The van der Waals surface area contributed by atoms with Crippen LogP contribution in [0.2, 0.25) is 5.02 Å². The monoisotopic (exact) mass is 415 g/mol. The second-order valence-corrected chi connectivity index (χ2v) is 7.07. The number of likely N-dealkylation sites (tertiary alicyclic amines) is 1. The first-order valence-electron chi connectivity index (χ1n) is 8.83. The van der Waals surface area contributed by atoms with Crippen LogP contribution >= 0.6 is 24.0 Å². The average Bonchev–Trinajstić information content (AvgIpc) is 3.03. The van der Waals surface area contributed by atoms with Crippen LogP contribution in [-0.4, -0.2) is 52.5 Å². The third-order valence-corrected chi connectivity index (χ3v) is 5.24. The van der Waals surface area contributed by atoms with E-state index in [4.69, 9.17) is 11.6 Å². The van der Waals surface area contributed by atoms with Crippen LogP contribution < -0.4 is 5.32 Å². The molecule has 9 heteroatoms. The molecule has 0 saturated carbocycles. The van der Waals surface area contributed by atoms with Gasteiger partial charge in [0.05, 0.1) is 16.4 Å². The highest BCUT2D eigenvalue weighted by Gasteiger charge is 2.27. The standard InChI is InChI=1S/C18H23ClFN5O.ClH/c1-12-17(18(26)24-9-6-13(7-10-24)5-8-21-2)22-23-25(12)14-3-4-16(20)15(19)11-14;/h3-4,11,13,21H,5-10H2,1-2H3;1H. The molecule has 1 amide bonds. The predicted molar refractivity (Wildman–Crippen MR) is 105 cm³/mol. The van der Waals surface area contributed by atoms with E-state index in [1.165, 1.54) is 16.8 Å². The second-order valence-electron chi connectivity index (χ2n) is 6.66. The van der Waals surface area contributed by atoms with Crippen molar-refractivity contribution in [2.24, 2.45) is 5.92 Å². The van der Waals surface area contributed by atoms with Gasteiger partial charge in [-0.1, -0.05) is 16.8 Å². The van der Waals surface area contributed by atoms with Gasteiger partial charge in [-0.3, -0.25) is 4.79 Å². The third-order valence-electron chi connectivity index (χ3n) is 4.95. The highest BCUT2D eigenvalue weighted by molar-refractivity contribution is 6.30. The quantitative estimate of drug-likeness (QED) is 0.813. The van der Waals surface area contributed by atoms with Gasteiger partial charge in [0.15, 0.2) is 5.69 Å². The van der Waals surface area contributed by atoms with E-state index >= 15 is 0 Å². The fourth-order valence-electron chi connectivity index (χ4n) is 3.31. The van der Waals surface area contributed by atoms with Gasteiger partial charge >= 0.3 is 0 Å². The van der Waals surface area contributed by atoms with Crippen molar-refractivity contribution < 1.29 is 9.18 Å². The lowest BCUT2D eigenvalue weighted by Crippen LogP contribution is -2.39. The van der Waals surface area contributed by atoms with Gasteiger partial charge in [-0.2, -0.15) is 0 Å². The normalized spacial score (nSPS) is 14.9. The zero-order valence-corrected chi connectivity index (χ0v) is 17.0. The first-order valence-corrected chi connectivity index (χ1v) is 9.20. The predicted octanol–water partition coefficient (Wildman–Crippen LogP) is 3.25. The number of carbonyl (C=O) groups excluding carboxylic acids is 1. The highest BCUT2D eigenvalue weighted by atomic mass is 35.5. The number of nitrogens with zero attached hydrogens (tertiary/aromatic N) is 4. The van der Waals surface area contributed by atoms with Crippen LogP contribution in [-0.2, 0) is 0 Å². The Morgan fingerprint density at radius 1 is 1.37 bits per heavy atom. The van der Waals surface area contributed by atoms with Crippen molar-refractivity contribution in [1.29, 1.82) is 0 Å². The van der Waals surface area contributed by atoms with Crippen molar-refractivity contribution in [2.45, 2.75) is 26.2 Å². The zero-order chi connectivity index (χ0) is 18.7. The Bertz CT molecular complexity index is 790. The number of piperidine rings is 1. The molecule has 1 N–H and O–H groups in total. The van der Waals surface area contributed by atoms with E-state index in [0.717, 1.165) is 38.9 Å².